The van der Waals surface area contributed by atoms with Crippen molar-refractivity contribution < 1.29 is 0 Å². The van der Waals surface area contributed by atoms with E-state index in [2.05, 4.69) is 54.8 Å². The summed E-state index contributed by atoms with van der Waals surface area (Å²) in [5.74, 6) is 1.10. The minimum Gasteiger partial charge on any atom is -0.148 e. The minimum atomic E-state index is 0.602. The highest BCUT2D eigenvalue weighted by Crippen LogP contribution is 2.33. The topological polar surface area (TPSA) is 0 Å². The lowest BCUT2D eigenvalue weighted by atomic mass is 10.2. The summed E-state index contributed by atoms with van der Waals surface area (Å²) in [7, 11) is 0. The second kappa shape index (κ2) is 5.38. The van der Waals surface area contributed by atoms with Gasteiger partial charge in [-0.3, -0.25) is 0 Å². The van der Waals surface area contributed by atoms with Gasteiger partial charge in [-0.05, 0) is 23.9 Å². The summed E-state index contributed by atoms with van der Waals surface area (Å²) in [6, 6.07) is 15.0. The van der Waals surface area contributed by atoms with Crippen LogP contribution in [0.4, 0.5) is 0 Å². The summed E-state index contributed by atoms with van der Waals surface area (Å²) in [4.78, 5) is 1.47. The molecule has 0 aliphatic carbocycles. The predicted molar refractivity (Wildman–Crippen MR) is 70.5 cm³/mol. The molecule has 1 aromatic carbocycles. The van der Waals surface area contributed by atoms with Crippen LogP contribution in [0.2, 0.25) is 0 Å². The molecular formula is C13H14S2. The molecule has 0 aliphatic rings. The van der Waals surface area contributed by atoms with E-state index in [0.29, 0.717) is 5.25 Å². The highest BCUT2D eigenvalue weighted by Gasteiger charge is 2.06. The molecule has 0 saturated carbocycles. The maximum atomic E-state index is 2.28. The highest BCUT2D eigenvalue weighted by atomic mass is 32.2. The van der Waals surface area contributed by atoms with Crippen LogP contribution in [0.1, 0.15) is 22.6 Å². The summed E-state index contributed by atoms with van der Waals surface area (Å²) < 4.78 is 0. The molecule has 0 radical (unpaired) electrons. The van der Waals surface area contributed by atoms with Crippen molar-refractivity contribution in [3.05, 3.63) is 58.3 Å². The molecule has 0 bridgehead atoms. The molecule has 0 spiro atoms. The Labute approximate surface area is 99.3 Å². The van der Waals surface area contributed by atoms with E-state index in [1.165, 1.54) is 10.4 Å². The molecule has 15 heavy (non-hydrogen) atoms. The number of thioether (sulfide) groups is 1. The maximum Gasteiger partial charge on any atom is 0.0366 e. The van der Waals surface area contributed by atoms with E-state index in [0.717, 1.165) is 5.75 Å². The lowest BCUT2D eigenvalue weighted by Gasteiger charge is -2.08. The summed E-state index contributed by atoms with van der Waals surface area (Å²) in [5, 5.41) is 2.75. The second-order valence-electron chi connectivity index (χ2n) is 3.45. The van der Waals surface area contributed by atoms with Crippen molar-refractivity contribution in [3.63, 3.8) is 0 Å². The maximum absolute atomic E-state index is 2.28. The van der Waals surface area contributed by atoms with Gasteiger partial charge in [0, 0.05) is 15.9 Å². The first-order chi connectivity index (χ1) is 7.36. The van der Waals surface area contributed by atoms with Gasteiger partial charge >= 0.3 is 0 Å². The summed E-state index contributed by atoms with van der Waals surface area (Å²) in [6.45, 7) is 2.28. The van der Waals surface area contributed by atoms with E-state index in [9.17, 15) is 0 Å². The van der Waals surface area contributed by atoms with Crippen molar-refractivity contribution in [2.75, 3.05) is 0 Å². The molecule has 1 atom stereocenters. The molecule has 0 N–H and O–H groups in total. The van der Waals surface area contributed by atoms with Crippen molar-refractivity contribution in [3.8, 4) is 0 Å². The molecule has 78 valence electrons. The van der Waals surface area contributed by atoms with E-state index in [4.69, 9.17) is 0 Å². The average molecular weight is 234 g/mol. The molecule has 1 unspecified atom stereocenters. The monoisotopic (exact) mass is 234 g/mol. The van der Waals surface area contributed by atoms with E-state index in [-0.39, 0.29) is 0 Å². The van der Waals surface area contributed by atoms with Crippen LogP contribution in [0.25, 0.3) is 0 Å². The van der Waals surface area contributed by atoms with Crippen LogP contribution in [0, 0.1) is 0 Å². The van der Waals surface area contributed by atoms with Crippen LogP contribution in [0.5, 0.6) is 0 Å². The second-order valence-corrected chi connectivity index (χ2v) is 5.76. The van der Waals surface area contributed by atoms with Gasteiger partial charge in [-0.25, -0.2) is 0 Å². The molecule has 1 heterocycles. The van der Waals surface area contributed by atoms with Crippen LogP contribution in [0.3, 0.4) is 0 Å². The number of thiophene rings is 1. The van der Waals surface area contributed by atoms with E-state index < -0.39 is 0 Å². The van der Waals surface area contributed by atoms with Crippen LogP contribution in [-0.4, -0.2) is 0 Å². The fourth-order valence-electron chi connectivity index (χ4n) is 1.40. The third-order valence-electron chi connectivity index (χ3n) is 2.29. The highest BCUT2D eigenvalue weighted by molar-refractivity contribution is 7.98. The van der Waals surface area contributed by atoms with Gasteiger partial charge < -0.3 is 0 Å². The van der Waals surface area contributed by atoms with Gasteiger partial charge in [0.2, 0.25) is 0 Å². The molecule has 1 aromatic heterocycles. The first kappa shape index (κ1) is 10.8. The Hall–Kier alpha value is -0.730. The van der Waals surface area contributed by atoms with Crippen LogP contribution >= 0.6 is 23.1 Å². The van der Waals surface area contributed by atoms with Gasteiger partial charge in [0.15, 0.2) is 0 Å². The zero-order chi connectivity index (χ0) is 10.5. The van der Waals surface area contributed by atoms with Crippen molar-refractivity contribution >= 4 is 23.1 Å². The lowest BCUT2D eigenvalue weighted by Crippen LogP contribution is -1.85. The van der Waals surface area contributed by atoms with Crippen molar-refractivity contribution in [1.29, 1.82) is 0 Å². The number of hydrogen-bond acceptors (Lipinski definition) is 2. The van der Waals surface area contributed by atoms with E-state index >= 15 is 0 Å². The zero-order valence-electron chi connectivity index (χ0n) is 8.72. The summed E-state index contributed by atoms with van der Waals surface area (Å²) in [6.07, 6.45) is 0. The van der Waals surface area contributed by atoms with Crippen LogP contribution in [0.15, 0.2) is 47.8 Å². The van der Waals surface area contributed by atoms with E-state index in [1.54, 1.807) is 0 Å². The Morgan fingerprint density at radius 3 is 2.60 bits per heavy atom. The van der Waals surface area contributed by atoms with Gasteiger partial charge in [-0.1, -0.05) is 36.4 Å². The standard InChI is InChI=1S/C13H14S2/c1-11(13-8-5-9-14-13)15-10-12-6-3-2-4-7-12/h2-9,11H,10H2,1H3. The fourth-order valence-corrected chi connectivity index (χ4v) is 3.31. The normalized spacial score (nSPS) is 12.6. The van der Waals surface area contributed by atoms with Gasteiger partial charge in [-0.2, -0.15) is 0 Å². The zero-order valence-corrected chi connectivity index (χ0v) is 10.4. The largest absolute Gasteiger partial charge is 0.148 e. The fraction of sp³-hybridized carbons (Fsp3) is 0.231. The molecule has 2 heteroatoms. The molecule has 2 rings (SSSR count). The Kier molecular flexibility index (Phi) is 3.87. The lowest BCUT2D eigenvalue weighted by molar-refractivity contribution is 1.13. The molecule has 0 aliphatic heterocycles. The van der Waals surface area contributed by atoms with Crippen molar-refractivity contribution in [2.45, 2.75) is 17.9 Å². The Bertz CT molecular complexity index is 378. The molecule has 0 nitrogen and oxygen atoms in total. The summed E-state index contributed by atoms with van der Waals surface area (Å²) >= 11 is 3.84. The number of hydrogen-bond donors (Lipinski definition) is 0. The van der Waals surface area contributed by atoms with Crippen LogP contribution in [-0.2, 0) is 5.75 Å². The Balaban J connectivity index is 1.89. The smallest absolute Gasteiger partial charge is 0.0366 e. The Morgan fingerprint density at radius 2 is 1.93 bits per heavy atom. The van der Waals surface area contributed by atoms with Crippen molar-refractivity contribution in [2.24, 2.45) is 0 Å². The molecule has 0 fully saturated rings. The molecule has 2 aromatic rings. The van der Waals surface area contributed by atoms with Gasteiger partial charge in [0.25, 0.3) is 0 Å². The van der Waals surface area contributed by atoms with Crippen molar-refractivity contribution in [1.82, 2.24) is 0 Å². The van der Waals surface area contributed by atoms with Gasteiger partial charge in [0.1, 0.15) is 0 Å². The first-order valence-electron chi connectivity index (χ1n) is 5.05. The minimum absolute atomic E-state index is 0.602. The van der Waals surface area contributed by atoms with Crippen LogP contribution < -0.4 is 0 Å². The third kappa shape index (κ3) is 3.11. The number of rotatable bonds is 4. The third-order valence-corrected chi connectivity index (χ3v) is 4.74. The van der Waals surface area contributed by atoms with Gasteiger partial charge in [-0.15, -0.1) is 23.1 Å². The molecular weight excluding hydrogens is 220 g/mol. The first-order valence-corrected chi connectivity index (χ1v) is 6.98. The van der Waals surface area contributed by atoms with E-state index in [1.807, 2.05) is 23.1 Å². The predicted octanol–water partition coefficient (Wildman–Crippen LogP) is 4.74. The average Bonchev–Trinajstić information content (AvgIpc) is 2.81. The quantitative estimate of drug-likeness (QED) is 0.736. The molecule has 0 amide bonds. The summed E-state index contributed by atoms with van der Waals surface area (Å²) in [5.41, 5.74) is 1.41. The SMILES string of the molecule is CC(SCc1ccccc1)c1cccs1. The Morgan fingerprint density at radius 1 is 1.13 bits per heavy atom. The number of benzene rings is 1. The molecule has 0 saturated heterocycles. The van der Waals surface area contributed by atoms with Gasteiger partial charge in [0.05, 0.1) is 0 Å².